The van der Waals surface area contributed by atoms with Gasteiger partial charge < -0.3 is 10.2 Å². The van der Waals surface area contributed by atoms with E-state index in [2.05, 4.69) is 21.4 Å². The Morgan fingerprint density at radius 2 is 1.80 bits per heavy atom. The molecule has 0 spiro atoms. The van der Waals surface area contributed by atoms with Gasteiger partial charge in [-0.1, -0.05) is 12.8 Å². The number of aryl methyl sites for hydroxylation is 1. The van der Waals surface area contributed by atoms with Crippen molar-refractivity contribution in [2.24, 2.45) is 0 Å². The number of hydrogen-bond donors (Lipinski definition) is 1. The predicted molar refractivity (Wildman–Crippen MR) is 95.6 cm³/mol. The smallest absolute Gasteiger partial charge is 0.272 e. The molecule has 1 aromatic heterocycles. The third kappa shape index (κ3) is 4.32. The lowest BCUT2D eigenvalue weighted by Gasteiger charge is -2.20. The third-order valence-corrected chi connectivity index (χ3v) is 4.24. The highest BCUT2D eigenvalue weighted by Gasteiger charge is 2.19. The van der Waals surface area contributed by atoms with Gasteiger partial charge in [0.25, 0.3) is 5.91 Å². The van der Waals surface area contributed by atoms with Gasteiger partial charge in [-0.2, -0.15) is 5.26 Å². The molecule has 1 aromatic carbocycles. The van der Waals surface area contributed by atoms with E-state index < -0.39 is 0 Å². The van der Waals surface area contributed by atoms with Crippen molar-refractivity contribution in [1.29, 1.82) is 5.26 Å². The Hall–Kier alpha value is -2.94. The Bertz CT molecular complexity index is 786. The Morgan fingerprint density at radius 3 is 2.44 bits per heavy atom. The van der Waals surface area contributed by atoms with Gasteiger partial charge in [-0.15, -0.1) is 0 Å². The number of likely N-dealkylation sites (tertiary alicyclic amines) is 1. The first-order valence-corrected chi connectivity index (χ1v) is 8.58. The number of benzene rings is 1. The molecule has 0 aliphatic carbocycles. The molecule has 0 saturated carbocycles. The number of nitrogens with zero attached hydrogens (tertiary/aromatic N) is 4. The Kier molecular flexibility index (Phi) is 5.24. The molecule has 25 heavy (non-hydrogen) atoms. The van der Waals surface area contributed by atoms with Crippen molar-refractivity contribution in [3.8, 4) is 6.07 Å². The molecule has 1 aliphatic rings. The van der Waals surface area contributed by atoms with Crippen molar-refractivity contribution in [2.75, 3.05) is 18.4 Å². The Morgan fingerprint density at radius 1 is 1.12 bits per heavy atom. The maximum atomic E-state index is 12.8. The number of hydrogen-bond acceptors (Lipinski definition) is 5. The summed E-state index contributed by atoms with van der Waals surface area (Å²) in [7, 11) is 0. The quantitative estimate of drug-likeness (QED) is 0.929. The first kappa shape index (κ1) is 16.9. The number of carbonyl (C=O) groups is 1. The molecule has 1 fully saturated rings. The van der Waals surface area contributed by atoms with Crippen LogP contribution in [0, 0.1) is 18.3 Å². The molecule has 6 nitrogen and oxygen atoms in total. The molecule has 2 heterocycles. The van der Waals surface area contributed by atoms with Gasteiger partial charge in [-0.25, -0.2) is 9.97 Å². The highest BCUT2D eigenvalue weighted by Crippen LogP contribution is 2.17. The Balaban J connectivity index is 1.79. The minimum Gasteiger partial charge on any atom is -0.337 e. The van der Waals surface area contributed by atoms with Crippen LogP contribution in [0.15, 0.2) is 30.3 Å². The first-order valence-electron chi connectivity index (χ1n) is 8.58. The van der Waals surface area contributed by atoms with Crippen LogP contribution in [-0.4, -0.2) is 33.9 Å². The van der Waals surface area contributed by atoms with Crippen molar-refractivity contribution < 1.29 is 4.79 Å². The summed E-state index contributed by atoms with van der Waals surface area (Å²) in [6, 6.07) is 10.8. The monoisotopic (exact) mass is 335 g/mol. The number of aromatic nitrogens is 2. The van der Waals surface area contributed by atoms with Gasteiger partial charge in [0.05, 0.1) is 11.6 Å². The van der Waals surface area contributed by atoms with Crippen LogP contribution in [0.4, 0.5) is 11.6 Å². The lowest BCUT2D eigenvalue weighted by molar-refractivity contribution is 0.0755. The fourth-order valence-corrected chi connectivity index (χ4v) is 2.93. The summed E-state index contributed by atoms with van der Waals surface area (Å²) in [5.74, 6) is 0.359. The van der Waals surface area contributed by atoms with E-state index in [9.17, 15) is 4.79 Å². The molecule has 128 valence electrons. The van der Waals surface area contributed by atoms with Crippen molar-refractivity contribution in [3.05, 3.63) is 47.3 Å². The highest BCUT2D eigenvalue weighted by atomic mass is 16.2. The van der Waals surface area contributed by atoms with Gasteiger partial charge >= 0.3 is 0 Å². The SMILES string of the molecule is Cc1cc(C(=O)N2CCCCCC2)nc(Nc2ccc(C#N)cc2)n1. The lowest BCUT2D eigenvalue weighted by Crippen LogP contribution is -2.32. The lowest BCUT2D eigenvalue weighted by atomic mass is 10.2. The van der Waals surface area contributed by atoms with Crippen molar-refractivity contribution in [1.82, 2.24) is 14.9 Å². The van der Waals surface area contributed by atoms with E-state index in [4.69, 9.17) is 5.26 Å². The molecule has 6 heteroatoms. The Labute approximate surface area is 147 Å². The number of amides is 1. The summed E-state index contributed by atoms with van der Waals surface area (Å²) in [6.45, 7) is 3.44. The van der Waals surface area contributed by atoms with Crippen molar-refractivity contribution in [2.45, 2.75) is 32.6 Å². The number of nitriles is 1. The minimum atomic E-state index is -0.0321. The van der Waals surface area contributed by atoms with E-state index in [0.29, 0.717) is 17.2 Å². The second-order valence-corrected chi connectivity index (χ2v) is 6.24. The van der Waals surface area contributed by atoms with Gasteiger partial charge in [0.1, 0.15) is 5.69 Å². The zero-order valence-electron chi connectivity index (χ0n) is 14.3. The van der Waals surface area contributed by atoms with Gasteiger partial charge in [-0.3, -0.25) is 4.79 Å². The number of carbonyl (C=O) groups excluding carboxylic acids is 1. The first-order chi connectivity index (χ1) is 12.2. The summed E-state index contributed by atoms with van der Waals surface area (Å²) in [4.78, 5) is 23.4. The van der Waals surface area contributed by atoms with E-state index in [0.717, 1.165) is 37.3 Å². The number of nitrogens with one attached hydrogen (secondary N) is 1. The maximum Gasteiger partial charge on any atom is 0.272 e. The van der Waals surface area contributed by atoms with Crippen LogP contribution in [0.3, 0.4) is 0 Å². The zero-order chi connectivity index (χ0) is 17.6. The molecule has 0 atom stereocenters. The van der Waals surface area contributed by atoms with Crippen molar-refractivity contribution >= 4 is 17.5 Å². The molecule has 0 bridgehead atoms. The van der Waals surface area contributed by atoms with E-state index >= 15 is 0 Å². The summed E-state index contributed by atoms with van der Waals surface area (Å²) >= 11 is 0. The molecular weight excluding hydrogens is 314 g/mol. The molecule has 1 aliphatic heterocycles. The normalized spacial score (nSPS) is 14.5. The van der Waals surface area contributed by atoms with Crippen LogP contribution in [0.5, 0.6) is 0 Å². The molecule has 0 radical (unpaired) electrons. The largest absolute Gasteiger partial charge is 0.337 e. The van der Waals surface area contributed by atoms with Gasteiger partial charge in [-0.05, 0) is 50.1 Å². The van der Waals surface area contributed by atoms with E-state index in [-0.39, 0.29) is 5.91 Å². The average Bonchev–Trinajstić information content (AvgIpc) is 2.90. The van der Waals surface area contributed by atoms with Crippen LogP contribution in [-0.2, 0) is 0 Å². The van der Waals surface area contributed by atoms with Crippen LogP contribution in [0.2, 0.25) is 0 Å². The second-order valence-electron chi connectivity index (χ2n) is 6.24. The summed E-state index contributed by atoms with van der Waals surface area (Å²) < 4.78 is 0. The number of anilines is 2. The molecule has 2 aromatic rings. The summed E-state index contributed by atoms with van der Waals surface area (Å²) in [5, 5.41) is 12.0. The molecule has 1 N–H and O–H groups in total. The summed E-state index contributed by atoms with van der Waals surface area (Å²) in [5.41, 5.74) is 2.53. The third-order valence-electron chi connectivity index (χ3n) is 4.24. The topological polar surface area (TPSA) is 81.9 Å². The van der Waals surface area contributed by atoms with E-state index in [1.807, 2.05) is 11.8 Å². The van der Waals surface area contributed by atoms with Crippen LogP contribution >= 0.6 is 0 Å². The standard InChI is InChI=1S/C19H21N5O/c1-14-12-17(18(25)24-10-4-2-3-5-11-24)23-19(21-14)22-16-8-6-15(13-20)7-9-16/h6-9,12H,2-5,10-11H2,1H3,(H,21,22,23). The van der Waals surface area contributed by atoms with Crippen LogP contribution in [0.1, 0.15) is 47.4 Å². The molecule has 1 amide bonds. The van der Waals surface area contributed by atoms with Crippen molar-refractivity contribution in [3.63, 3.8) is 0 Å². The van der Waals surface area contributed by atoms with Gasteiger partial charge in [0, 0.05) is 24.5 Å². The van der Waals surface area contributed by atoms with Gasteiger partial charge in [0.15, 0.2) is 0 Å². The molecule has 0 unspecified atom stereocenters. The maximum absolute atomic E-state index is 12.8. The molecule has 1 saturated heterocycles. The number of rotatable bonds is 3. The highest BCUT2D eigenvalue weighted by molar-refractivity contribution is 5.92. The fourth-order valence-electron chi connectivity index (χ4n) is 2.93. The van der Waals surface area contributed by atoms with Gasteiger partial charge in [0.2, 0.25) is 5.95 Å². The fraction of sp³-hybridized carbons (Fsp3) is 0.368. The summed E-state index contributed by atoms with van der Waals surface area (Å²) in [6.07, 6.45) is 4.45. The second kappa shape index (κ2) is 7.75. The van der Waals surface area contributed by atoms with Crippen LogP contribution in [0.25, 0.3) is 0 Å². The van der Waals surface area contributed by atoms with E-state index in [1.165, 1.54) is 12.8 Å². The molecule has 3 rings (SSSR count). The predicted octanol–water partition coefficient (Wildman–Crippen LogP) is 3.42. The average molecular weight is 335 g/mol. The minimum absolute atomic E-state index is 0.0321. The van der Waals surface area contributed by atoms with Crippen LogP contribution < -0.4 is 5.32 Å². The zero-order valence-corrected chi connectivity index (χ0v) is 14.3. The molecular formula is C19H21N5O. The van der Waals surface area contributed by atoms with E-state index in [1.54, 1.807) is 30.3 Å².